The summed E-state index contributed by atoms with van der Waals surface area (Å²) in [7, 11) is 0. The van der Waals surface area contributed by atoms with Crippen LogP contribution in [-0.2, 0) is 6.54 Å². The Morgan fingerprint density at radius 1 is 1.36 bits per heavy atom. The quantitative estimate of drug-likeness (QED) is 0.851. The molecule has 0 atom stereocenters. The molecule has 0 amide bonds. The van der Waals surface area contributed by atoms with Gasteiger partial charge in [-0.25, -0.2) is 4.39 Å². The number of aromatic nitrogens is 1. The molecule has 1 heterocycles. The molecule has 3 nitrogen and oxygen atoms in total. The third-order valence-electron chi connectivity index (χ3n) is 3.36. The lowest BCUT2D eigenvalue weighted by Gasteiger charge is -2.09. The maximum Gasteiger partial charge on any atom is 0.127 e. The van der Waals surface area contributed by atoms with E-state index in [1.54, 1.807) is 24.7 Å². The number of halogens is 1. The smallest absolute Gasteiger partial charge is 0.127 e. The van der Waals surface area contributed by atoms with E-state index in [9.17, 15) is 4.39 Å². The van der Waals surface area contributed by atoms with E-state index in [0.29, 0.717) is 17.7 Å². The van der Waals surface area contributed by atoms with Crippen LogP contribution in [0.25, 0.3) is 5.57 Å². The average molecular weight is 297 g/mol. The zero-order valence-corrected chi connectivity index (χ0v) is 12.8. The molecular formula is C18H20FN3. The Labute approximate surface area is 130 Å². The van der Waals surface area contributed by atoms with Crippen molar-refractivity contribution in [1.82, 2.24) is 4.98 Å². The normalized spacial score (nSPS) is 12.3. The van der Waals surface area contributed by atoms with Crippen molar-refractivity contribution in [1.29, 1.82) is 0 Å². The molecule has 1 aromatic heterocycles. The van der Waals surface area contributed by atoms with Crippen molar-refractivity contribution in [2.75, 3.05) is 0 Å². The van der Waals surface area contributed by atoms with E-state index >= 15 is 0 Å². The van der Waals surface area contributed by atoms with Gasteiger partial charge >= 0.3 is 0 Å². The minimum atomic E-state index is -0.215. The summed E-state index contributed by atoms with van der Waals surface area (Å²) in [6, 6.07) is 8.99. The van der Waals surface area contributed by atoms with Gasteiger partial charge in [0.25, 0.3) is 0 Å². The zero-order chi connectivity index (χ0) is 15.9. The van der Waals surface area contributed by atoms with E-state index in [0.717, 1.165) is 11.1 Å². The minimum absolute atomic E-state index is 0.151. The van der Waals surface area contributed by atoms with Gasteiger partial charge in [0.2, 0.25) is 0 Å². The molecule has 0 aliphatic rings. The summed E-state index contributed by atoms with van der Waals surface area (Å²) >= 11 is 0. The van der Waals surface area contributed by atoms with Crippen LogP contribution in [0.15, 0.2) is 53.9 Å². The third-order valence-corrected chi connectivity index (χ3v) is 3.36. The molecular weight excluding hydrogens is 277 g/mol. The van der Waals surface area contributed by atoms with Crippen molar-refractivity contribution in [3.63, 3.8) is 0 Å². The number of rotatable bonds is 5. The number of hydrogen-bond donors (Lipinski definition) is 1. The Morgan fingerprint density at radius 2 is 2.18 bits per heavy atom. The minimum Gasteiger partial charge on any atom is -0.404 e. The molecule has 0 saturated carbocycles. The number of hydrogen-bond acceptors (Lipinski definition) is 3. The van der Waals surface area contributed by atoms with E-state index in [4.69, 9.17) is 5.73 Å². The molecule has 1 aromatic carbocycles. The van der Waals surface area contributed by atoms with Crippen molar-refractivity contribution in [3.05, 3.63) is 71.4 Å². The highest BCUT2D eigenvalue weighted by Crippen LogP contribution is 2.22. The van der Waals surface area contributed by atoms with Gasteiger partial charge in [0.05, 0.1) is 6.54 Å². The molecule has 4 heteroatoms. The van der Waals surface area contributed by atoms with Crippen LogP contribution in [0.1, 0.15) is 36.5 Å². The summed E-state index contributed by atoms with van der Waals surface area (Å²) < 4.78 is 14.1. The second-order valence-corrected chi connectivity index (χ2v) is 5.34. The molecule has 2 aromatic rings. The second-order valence-electron chi connectivity index (χ2n) is 5.34. The maximum atomic E-state index is 14.1. The largest absolute Gasteiger partial charge is 0.404 e. The number of nitrogens with two attached hydrogens (primary N) is 1. The van der Waals surface area contributed by atoms with Gasteiger partial charge in [0.1, 0.15) is 5.82 Å². The van der Waals surface area contributed by atoms with Gasteiger partial charge in [-0.15, -0.1) is 0 Å². The van der Waals surface area contributed by atoms with Crippen LogP contribution in [0.4, 0.5) is 4.39 Å². The van der Waals surface area contributed by atoms with E-state index < -0.39 is 0 Å². The number of aliphatic imine (C=N–C) groups is 1. The number of allylic oxidation sites excluding steroid dienone is 1. The summed E-state index contributed by atoms with van der Waals surface area (Å²) in [6.07, 6.45) is 6.59. The molecule has 0 unspecified atom stereocenters. The lowest BCUT2D eigenvalue weighted by Crippen LogP contribution is -1.97. The highest BCUT2D eigenvalue weighted by atomic mass is 19.1. The maximum absolute atomic E-state index is 14.1. The number of benzene rings is 1. The fraction of sp³-hybridized carbons (Fsp3) is 0.222. The lowest BCUT2D eigenvalue weighted by molar-refractivity contribution is 0.598. The van der Waals surface area contributed by atoms with Crippen molar-refractivity contribution in [2.24, 2.45) is 10.7 Å². The first-order chi connectivity index (χ1) is 10.6. The molecule has 0 bridgehead atoms. The molecule has 114 valence electrons. The lowest BCUT2D eigenvalue weighted by atomic mass is 9.98. The van der Waals surface area contributed by atoms with Crippen molar-refractivity contribution < 1.29 is 4.39 Å². The van der Waals surface area contributed by atoms with Crippen LogP contribution < -0.4 is 5.73 Å². The summed E-state index contributed by atoms with van der Waals surface area (Å²) in [5, 5.41) is 0. The monoisotopic (exact) mass is 297 g/mol. The molecule has 0 spiro atoms. The SMILES string of the molecule is CC(C)c1ccc(/C(C=NCc2cccnc2)=C/N)cc1F. The summed E-state index contributed by atoms with van der Waals surface area (Å²) in [5.41, 5.74) is 8.77. The Morgan fingerprint density at radius 3 is 2.77 bits per heavy atom. The summed E-state index contributed by atoms with van der Waals surface area (Å²) in [5.74, 6) is -0.0638. The van der Waals surface area contributed by atoms with Gasteiger partial charge in [-0.3, -0.25) is 9.98 Å². The first-order valence-corrected chi connectivity index (χ1v) is 7.22. The Hall–Kier alpha value is -2.49. The highest BCUT2D eigenvalue weighted by Gasteiger charge is 2.08. The van der Waals surface area contributed by atoms with Crippen molar-refractivity contribution >= 4 is 11.8 Å². The van der Waals surface area contributed by atoms with Crippen molar-refractivity contribution in [3.8, 4) is 0 Å². The number of pyridine rings is 1. The molecule has 2 rings (SSSR count). The van der Waals surface area contributed by atoms with Gasteiger partial charge in [0, 0.05) is 30.4 Å². The van der Waals surface area contributed by atoms with Gasteiger partial charge in [-0.1, -0.05) is 32.0 Å². The predicted molar refractivity (Wildman–Crippen MR) is 89.1 cm³/mol. The van der Waals surface area contributed by atoms with Crippen LogP contribution in [0.3, 0.4) is 0 Å². The van der Waals surface area contributed by atoms with Crippen LogP contribution in [0.2, 0.25) is 0 Å². The zero-order valence-electron chi connectivity index (χ0n) is 12.8. The standard InChI is InChI=1S/C18H20FN3/c1-13(2)17-6-5-15(8-18(17)19)16(9-20)12-22-11-14-4-3-7-21-10-14/h3-10,12-13H,11,20H2,1-2H3/b16-9+,22-12?. The first kappa shape index (κ1) is 15.9. The van der Waals surface area contributed by atoms with Crippen LogP contribution in [-0.4, -0.2) is 11.2 Å². The fourth-order valence-electron chi connectivity index (χ4n) is 2.13. The Balaban J connectivity index is 2.14. The predicted octanol–water partition coefficient (Wildman–Crippen LogP) is 3.91. The molecule has 0 aliphatic carbocycles. The molecule has 0 fully saturated rings. The topological polar surface area (TPSA) is 51.3 Å². The van der Waals surface area contributed by atoms with Gasteiger partial charge < -0.3 is 5.73 Å². The molecule has 0 aliphatic heterocycles. The fourth-order valence-corrected chi connectivity index (χ4v) is 2.13. The second kappa shape index (κ2) is 7.50. The molecule has 0 saturated heterocycles. The van der Waals surface area contributed by atoms with E-state index in [1.165, 1.54) is 12.3 Å². The molecule has 0 radical (unpaired) electrons. The molecule has 22 heavy (non-hydrogen) atoms. The Kier molecular flexibility index (Phi) is 5.42. The Bertz CT molecular complexity index is 676. The van der Waals surface area contributed by atoms with E-state index in [1.807, 2.05) is 32.0 Å². The highest BCUT2D eigenvalue weighted by molar-refractivity contribution is 6.09. The van der Waals surface area contributed by atoms with E-state index in [-0.39, 0.29) is 11.7 Å². The summed E-state index contributed by atoms with van der Waals surface area (Å²) in [4.78, 5) is 8.38. The van der Waals surface area contributed by atoms with Gasteiger partial charge in [-0.05, 0) is 34.7 Å². The van der Waals surface area contributed by atoms with Gasteiger partial charge in [-0.2, -0.15) is 0 Å². The average Bonchev–Trinajstić information content (AvgIpc) is 2.52. The van der Waals surface area contributed by atoms with Crippen molar-refractivity contribution in [2.45, 2.75) is 26.3 Å². The van der Waals surface area contributed by atoms with Crippen LogP contribution >= 0.6 is 0 Å². The third kappa shape index (κ3) is 4.01. The van der Waals surface area contributed by atoms with E-state index in [2.05, 4.69) is 9.98 Å². The van der Waals surface area contributed by atoms with Gasteiger partial charge in [0.15, 0.2) is 0 Å². The summed E-state index contributed by atoms with van der Waals surface area (Å²) in [6.45, 7) is 4.44. The number of nitrogens with zero attached hydrogens (tertiary/aromatic N) is 2. The van der Waals surface area contributed by atoms with Crippen LogP contribution in [0.5, 0.6) is 0 Å². The first-order valence-electron chi connectivity index (χ1n) is 7.22. The van der Waals surface area contributed by atoms with Crippen LogP contribution in [0, 0.1) is 5.82 Å². The molecule has 2 N–H and O–H groups in total.